The number of thioether (sulfide) groups is 1. The highest BCUT2D eigenvalue weighted by atomic mass is 32.2. The number of aliphatic hydroxyl groups excluding tert-OH is 1. The minimum Gasteiger partial charge on any atom is -0.494 e. The van der Waals surface area contributed by atoms with Gasteiger partial charge in [-0.25, -0.2) is 0 Å². The lowest BCUT2D eigenvalue weighted by Gasteiger charge is -2.37. The van der Waals surface area contributed by atoms with Gasteiger partial charge in [-0.2, -0.15) is 0 Å². The van der Waals surface area contributed by atoms with Crippen LogP contribution in [0.3, 0.4) is 0 Å². The van der Waals surface area contributed by atoms with Gasteiger partial charge in [0.25, 0.3) is 0 Å². The Balaban J connectivity index is 1.43. The zero-order valence-corrected chi connectivity index (χ0v) is 24.7. The first-order valence-corrected chi connectivity index (χ1v) is 15.8. The van der Waals surface area contributed by atoms with Gasteiger partial charge in [-0.15, -0.1) is 11.8 Å². The third kappa shape index (κ3) is 5.71. The Hall–Kier alpha value is -3.04. The molecule has 3 saturated heterocycles. The standard InChI is InChI=1S/C32H41N3O5S/c1-3-5-9-18-33-30(38)28-32-17-16-25(41-32)26(29(37)34-22-12-14-24(15-13-22)40-4-2)27(32)31(39)35(28)23(20-36)19-21-10-7-6-8-11-21/h6-8,10-15,23,25-28,36H,3-5,9,16-20H2,1-2H3,(H,33,38)(H,34,37)/t23-,25+,26-,27+,28?,32?/m1/s1. The topological polar surface area (TPSA) is 108 Å². The highest BCUT2D eigenvalue weighted by molar-refractivity contribution is 8.02. The summed E-state index contributed by atoms with van der Waals surface area (Å²) in [6, 6.07) is 15.7. The van der Waals surface area contributed by atoms with E-state index in [1.165, 1.54) is 0 Å². The molecule has 3 aliphatic rings. The molecule has 9 heteroatoms. The summed E-state index contributed by atoms with van der Waals surface area (Å²) in [5.74, 6) is -1.02. The molecule has 2 aromatic carbocycles. The van der Waals surface area contributed by atoms with E-state index < -0.39 is 28.7 Å². The largest absolute Gasteiger partial charge is 0.494 e. The SMILES string of the molecule is CCCCCNC(=O)C1N([C@@H](CO)Cc2ccccc2)C(=O)[C@@H]2[C@H](C(=O)Nc3ccc(OCC)cc3)[C@@H]3CCC12S3. The normalized spacial score (nSPS) is 27.0. The summed E-state index contributed by atoms with van der Waals surface area (Å²) < 4.78 is 4.82. The number of hydrogen-bond acceptors (Lipinski definition) is 6. The number of ether oxygens (including phenoxy) is 1. The van der Waals surface area contributed by atoms with Crippen LogP contribution in [0.25, 0.3) is 0 Å². The van der Waals surface area contributed by atoms with Gasteiger partial charge < -0.3 is 25.4 Å². The number of rotatable bonds is 13. The third-order valence-corrected chi connectivity index (χ3v) is 10.7. The number of carbonyl (C=O) groups excluding carboxylic acids is 3. The first kappa shape index (κ1) is 29.5. The Kier molecular flexibility index (Phi) is 9.24. The molecule has 3 N–H and O–H groups in total. The average Bonchev–Trinajstić information content (AvgIpc) is 3.63. The van der Waals surface area contributed by atoms with Crippen LogP contribution >= 0.6 is 11.8 Å². The molecule has 0 radical (unpaired) electrons. The molecule has 6 atom stereocenters. The lowest BCUT2D eigenvalue weighted by atomic mass is 9.70. The first-order valence-electron chi connectivity index (χ1n) is 14.9. The van der Waals surface area contributed by atoms with Gasteiger partial charge in [0.15, 0.2) is 0 Å². The van der Waals surface area contributed by atoms with Crippen molar-refractivity contribution in [3.63, 3.8) is 0 Å². The molecular weight excluding hydrogens is 538 g/mol. The number of anilines is 1. The summed E-state index contributed by atoms with van der Waals surface area (Å²) in [6.07, 6.45) is 4.82. The third-order valence-electron chi connectivity index (χ3n) is 8.72. The van der Waals surface area contributed by atoms with Gasteiger partial charge in [-0.3, -0.25) is 14.4 Å². The number of unbranched alkanes of at least 4 members (excludes halogenated alkanes) is 2. The number of amides is 3. The Morgan fingerprint density at radius 3 is 2.54 bits per heavy atom. The van der Waals surface area contributed by atoms with Crippen LogP contribution in [0, 0.1) is 11.8 Å². The van der Waals surface area contributed by atoms with Crippen LogP contribution in [0.5, 0.6) is 5.75 Å². The molecule has 41 heavy (non-hydrogen) atoms. The molecule has 3 aliphatic heterocycles. The summed E-state index contributed by atoms with van der Waals surface area (Å²) in [5, 5.41) is 16.6. The summed E-state index contributed by atoms with van der Waals surface area (Å²) in [5.41, 5.74) is 1.63. The van der Waals surface area contributed by atoms with E-state index in [4.69, 9.17) is 4.74 Å². The highest BCUT2D eigenvalue weighted by Gasteiger charge is 2.74. The van der Waals surface area contributed by atoms with Crippen LogP contribution in [-0.2, 0) is 20.8 Å². The second kappa shape index (κ2) is 12.9. The average molecular weight is 580 g/mol. The number of benzene rings is 2. The van der Waals surface area contributed by atoms with E-state index in [9.17, 15) is 19.5 Å². The van der Waals surface area contributed by atoms with Crippen LogP contribution in [0.15, 0.2) is 54.6 Å². The molecule has 3 fully saturated rings. The van der Waals surface area contributed by atoms with Crippen LogP contribution in [-0.4, -0.2) is 69.6 Å². The van der Waals surface area contributed by atoms with E-state index >= 15 is 0 Å². The van der Waals surface area contributed by atoms with Crippen LogP contribution < -0.4 is 15.4 Å². The second-order valence-corrected chi connectivity index (χ2v) is 12.9. The van der Waals surface area contributed by atoms with Crippen LogP contribution in [0.2, 0.25) is 0 Å². The maximum Gasteiger partial charge on any atom is 0.244 e. The molecule has 2 unspecified atom stereocenters. The molecular formula is C32H41N3O5S. The van der Waals surface area contributed by atoms with Gasteiger partial charge in [0, 0.05) is 17.5 Å². The fourth-order valence-corrected chi connectivity index (χ4v) is 9.14. The molecule has 2 bridgehead atoms. The van der Waals surface area contributed by atoms with E-state index in [0.717, 1.165) is 37.0 Å². The van der Waals surface area contributed by atoms with Crippen LogP contribution in [0.1, 0.15) is 51.5 Å². The van der Waals surface area contributed by atoms with Gasteiger partial charge in [0.05, 0.1) is 35.8 Å². The fourth-order valence-electron chi connectivity index (χ4n) is 6.93. The van der Waals surface area contributed by atoms with Crippen molar-refractivity contribution >= 4 is 35.2 Å². The highest BCUT2D eigenvalue weighted by Crippen LogP contribution is 2.66. The monoisotopic (exact) mass is 579 g/mol. The van der Waals surface area contributed by atoms with Crippen molar-refractivity contribution in [1.29, 1.82) is 0 Å². The van der Waals surface area contributed by atoms with Crippen molar-refractivity contribution in [3.05, 3.63) is 60.2 Å². The van der Waals surface area contributed by atoms with Crippen molar-refractivity contribution in [2.75, 3.05) is 25.1 Å². The fraction of sp³-hybridized carbons (Fsp3) is 0.531. The van der Waals surface area contributed by atoms with Crippen molar-refractivity contribution in [3.8, 4) is 5.75 Å². The predicted octanol–water partition coefficient (Wildman–Crippen LogP) is 4.03. The van der Waals surface area contributed by atoms with Gasteiger partial charge >= 0.3 is 0 Å². The molecule has 8 nitrogen and oxygen atoms in total. The lowest BCUT2D eigenvalue weighted by molar-refractivity contribution is -0.142. The molecule has 3 amide bonds. The molecule has 2 aromatic rings. The maximum atomic E-state index is 14.4. The number of likely N-dealkylation sites (tertiary alicyclic amines) is 1. The summed E-state index contributed by atoms with van der Waals surface area (Å²) in [7, 11) is 0. The maximum absolute atomic E-state index is 14.4. The van der Waals surface area contributed by atoms with E-state index in [-0.39, 0.29) is 29.6 Å². The molecule has 220 valence electrons. The number of fused-ring (bicyclic) bond motifs is 1. The molecule has 1 spiro atoms. The van der Waals surface area contributed by atoms with E-state index in [0.29, 0.717) is 31.7 Å². The Morgan fingerprint density at radius 2 is 1.85 bits per heavy atom. The number of nitrogens with zero attached hydrogens (tertiary/aromatic N) is 1. The minimum absolute atomic E-state index is 0.0362. The van der Waals surface area contributed by atoms with Crippen molar-refractivity contribution in [1.82, 2.24) is 10.2 Å². The molecule has 0 aliphatic carbocycles. The van der Waals surface area contributed by atoms with Gasteiger partial charge in [0.1, 0.15) is 11.8 Å². The zero-order valence-electron chi connectivity index (χ0n) is 23.9. The predicted molar refractivity (Wildman–Crippen MR) is 161 cm³/mol. The number of hydrogen-bond donors (Lipinski definition) is 3. The van der Waals surface area contributed by atoms with Crippen LogP contribution in [0.4, 0.5) is 5.69 Å². The zero-order chi connectivity index (χ0) is 29.0. The molecule has 5 rings (SSSR count). The van der Waals surface area contributed by atoms with Crippen molar-refractivity contribution in [2.45, 2.75) is 74.5 Å². The quantitative estimate of drug-likeness (QED) is 0.310. The number of nitrogens with one attached hydrogen (secondary N) is 2. The Bertz CT molecular complexity index is 1230. The lowest BCUT2D eigenvalue weighted by Crippen LogP contribution is -2.57. The first-order chi connectivity index (χ1) is 19.9. The summed E-state index contributed by atoms with van der Waals surface area (Å²) >= 11 is 1.64. The van der Waals surface area contributed by atoms with E-state index in [1.54, 1.807) is 28.8 Å². The molecule has 0 aromatic heterocycles. The van der Waals surface area contributed by atoms with Gasteiger partial charge in [0.2, 0.25) is 17.7 Å². The van der Waals surface area contributed by atoms with Gasteiger partial charge in [-0.1, -0.05) is 50.1 Å². The van der Waals surface area contributed by atoms with Crippen molar-refractivity contribution in [2.24, 2.45) is 11.8 Å². The Morgan fingerprint density at radius 1 is 1.10 bits per heavy atom. The van der Waals surface area contributed by atoms with E-state index in [2.05, 4.69) is 17.6 Å². The smallest absolute Gasteiger partial charge is 0.244 e. The van der Waals surface area contributed by atoms with E-state index in [1.807, 2.05) is 49.4 Å². The minimum atomic E-state index is -0.735. The number of aliphatic hydroxyl groups is 1. The summed E-state index contributed by atoms with van der Waals surface area (Å²) in [6.45, 7) is 4.87. The second-order valence-electron chi connectivity index (χ2n) is 11.3. The Labute approximate surface area is 246 Å². The molecule has 3 heterocycles. The van der Waals surface area contributed by atoms with Gasteiger partial charge in [-0.05, 0) is 62.4 Å². The summed E-state index contributed by atoms with van der Waals surface area (Å²) in [4.78, 5) is 43.7. The number of carbonyl (C=O) groups is 3. The molecule has 0 saturated carbocycles. The van der Waals surface area contributed by atoms with Crippen molar-refractivity contribution < 1.29 is 24.2 Å².